The number of aromatic nitrogens is 2. The molecule has 1 saturated heterocycles. The van der Waals surface area contributed by atoms with E-state index in [1.54, 1.807) is 37.6 Å². The lowest BCUT2D eigenvalue weighted by Crippen LogP contribution is -2.52. The molecule has 170 valence electrons. The third kappa shape index (κ3) is 4.00. The van der Waals surface area contributed by atoms with E-state index in [0.717, 1.165) is 5.56 Å². The first-order valence-electron chi connectivity index (χ1n) is 10.3. The molecule has 2 unspecified atom stereocenters. The zero-order valence-electron chi connectivity index (χ0n) is 18.0. The van der Waals surface area contributed by atoms with Crippen LogP contribution in [0, 0.1) is 0 Å². The Balaban J connectivity index is 1.34. The van der Waals surface area contributed by atoms with E-state index in [1.807, 2.05) is 24.3 Å². The van der Waals surface area contributed by atoms with Crippen LogP contribution in [0.5, 0.6) is 11.5 Å². The van der Waals surface area contributed by atoms with E-state index in [4.69, 9.17) is 9.47 Å². The highest BCUT2D eigenvalue weighted by atomic mass is 32.2. The molecule has 1 amide bonds. The van der Waals surface area contributed by atoms with Crippen molar-refractivity contribution >= 4 is 28.5 Å². The normalized spacial score (nSPS) is 19.8. The van der Waals surface area contributed by atoms with Crippen molar-refractivity contribution in [1.29, 1.82) is 0 Å². The monoisotopic (exact) mass is 466 g/mol. The number of fused-ring (bicyclic) bond motifs is 2. The number of carbonyl (C=O) groups excluding carboxylic acids is 1. The lowest BCUT2D eigenvalue weighted by molar-refractivity contribution is -0.125. The molecule has 2 N–H and O–H groups in total. The SMILES string of the molecule is COc1ccc(C2CC3C(=O)NN=C(SCc4cc(=O)n5ccccc5n4)N3N2)cc1OC. The van der Waals surface area contributed by atoms with E-state index >= 15 is 0 Å². The number of thioether (sulfide) groups is 1. The Morgan fingerprint density at radius 3 is 2.79 bits per heavy atom. The van der Waals surface area contributed by atoms with Crippen LogP contribution >= 0.6 is 11.8 Å². The zero-order chi connectivity index (χ0) is 22.9. The molecule has 5 rings (SSSR count). The van der Waals surface area contributed by atoms with Crippen molar-refractivity contribution in [3.63, 3.8) is 0 Å². The number of rotatable bonds is 5. The molecule has 1 fully saturated rings. The maximum Gasteiger partial charge on any atom is 0.264 e. The molecular weight excluding hydrogens is 444 g/mol. The molecule has 33 heavy (non-hydrogen) atoms. The van der Waals surface area contributed by atoms with Gasteiger partial charge in [-0.1, -0.05) is 23.9 Å². The summed E-state index contributed by atoms with van der Waals surface area (Å²) in [6.45, 7) is 0. The molecule has 0 aliphatic carbocycles. The molecule has 2 aliphatic heterocycles. The smallest absolute Gasteiger partial charge is 0.264 e. The maximum absolute atomic E-state index is 12.5. The summed E-state index contributed by atoms with van der Waals surface area (Å²) in [4.78, 5) is 29.4. The van der Waals surface area contributed by atoms with Gasteiger partial charge in [0, 0.05) is 18.0 Å². The Morgan fingerprint density at radius 1 is 1.12 bits per heavy atom. The number of hydrogen-bond donors (Lipinski definition) is 2. The summed E-state index contributed by atoms with van der Waals surface area (Å²) in [6.07, 6.45) is 2.26. The van der Waals surface area contributed by atoms with Crippen LogP contribution in [0.15, 0.2) is 58.6 Å². The fourth-order valence-electron chi connectivity index (χ4n) is 3.98. The number of pyridine rings is 1. The Labute approximate surface area is 193 Å². The fourth-order valence-corrected chi connectivity index (χ4v) is 4.83. The van der Waals surface area contributed by atoms with Crippen LogP contribution in [0.2, 0.25) is 0 Å². The van der Waals surface area contributed by atoms with Crippen molar-refractivity contribution in [2.75, 3.05) is 14.2 Å². The molecule has 2 atom stereocenters. The van der Waals surface area contributed by atoms with Gasteiger partial charge in [-0.25, -0.2) is 15.8 Å². The number of methoxy groups -OCH3 is 2. The van der Waals surface area contributed by atoms with Crippen molar-refractivity contribution < 1.29 is 14.3 Å². The quantitative estimate of drug-likeness (QED) is 0.585. The topological polar surface area (TPSA) is 110 Å². The number of hydrazine groups is 1. The number of amides is 1. The number of hydrogen-bond acceptors (Lipinski definition) is 9. The second-order valence-corrected chi connectivity index (χ2v) is 8.53. The van der Waals surface area contributed by atoms with Crippen LogP contribution in [0.1, 0.15) is 23.7 Å². The molecule has 0 saturated carbocycles. The number of benzene rings is 1. The summed E-state index contributed by atoms with van der Waals surface area (Å²) in [5.41, 5.74) is 8.07. The van der Waals surface area contributed by atoms with E-state index in [1.165, 1.54) is 22.2 Å². The van der Waals surface area contributed by atoms with Crippen LogP contribution in [-0.2, 0) is 10.5 Å². The van der Waals surface area contributed by atoms with Crippen LogP contribution in [0.25, 0.3) is 5.65 Å². The largest absolute Gasteiger partial charge is 0.493 e. The van der Waals surface area contributed by atoms with Gasteiger partial charge < -0.3 is 9.47 Å². The second-order valence-electron chi connectivity index (χ2n) is 7.59. The fraction of sp³-hybridized carbons (Fsp3) is 0.273. The maximum atomic E-state index is 12.5. The van der Waals surface area contributed by atoms with Gasteiger partial charge >= 0.3 is 0 Å². The van der Waals surface area contributed by atoms with E-state index in [2.05, 4.69) is 20.9 Å². The van der Waals surface area contributed by atoms with E-state index < -0.39 is 6.04 Å². The minimum atomic E-state index is -0.404. The summed E-state index contributed by atoms with van der Waals surface area (Å²) in [5.74, 6) is 1.53. The molecule has 2 aliphatic rings. The van der Waals surface area contributed by atoms with Crippen molar-refractivity contribution in [3.8, 4) is 11.5 Å². The Bertz CT molecular complexity index is 1310. The number of nitrogens with zero attached hydrogens (tertiary/aromatic N) is 4. The molecule has 1 aromatic carbocycles. The predicted octanol–water partition coefficient (Wildman–Crippen LogP) is 1.67. The minimum absolute atomic E-state index is 0.104. The highest BCUT2D eigenvalue weighted by Gasteiger charge is 2.42. The Hall–Kier alpha value is -3.57. The molecule has 4 heterocycles. The number of carbonyl (C=O) groups is 1. The average Bonchev–Trinajstić information content (AvgIpc) is 3.30. The third-order valence-electron chi connectivity index (χ3n) is 5.62. The van der Waals surface area contributed by atoms with E-state index in [9.17, 15) is 9.59 Å². The lowest BCUT2D eigenvalue weighted by Gasteiger charge is -2.29. The molecule has 0 spiro atoms. The second kappa shape index (κ2) is 8.75. The summed E-state index contributed by atoms with van der Waals surface area (Å²) in [5, 5.41) is 6.63. The van der Waals surface area contributed by atoms with E-state index in [0.29, 0.717) is 40.2 Å². The molecule has 3 aromatic rings. The van der Waals surface area contributed by atoms with Gasteiger partial charge in [-0.2, -0.15) is 0 Å². The molecule has 10 nitrogen and oxygen atoms in total. The molecular formula is C22H22N6O4S. The van der Waals surface area contributed by atoms with Gasteiger partial charge in [-0.05, 0) is 36.2 Å². The number of ether oxygens (including phenoxy) is 2. The first-order chi connectivity index (χ1) is 16.1. The first kappa shape index (κ1) is 21.3. The minimum Gasteiger partial charge on any atom is -0.493 e. The lowest BCUT2D eigenvalue weighted by atomic mass is 10.0. The highest BCUT2D eigenvalue weighted by Crippen LogP contribution is 2.36. The van der Waals surface area contributed by atoms with Crippen LogP contribution in [0.3, 0.4) is 0 Å². The molecule has 0 bridgehead atoms. The number of nitrogens with one attached hydrogen (secondary N) is 2. The first-order valence-corrected chi connectivity index (χ1v) is 11.3. The summed E-state index contributed by atoms with van der Waals surface area (Å²) in [7, 11) is 3.18. The summed E-state index contributed by atoms with van der Waals surface area (Å²) < 4.78 is 12.2. The van der Waals surface area contributed by atoms with Gasteiger partial charge in [0.1, 0.15) is 11.7 Å². The van der Waals surface area contributed by atoms with Crippen molar-refractivity contribution in [3.05, 3.63) is 70.3 Å². The Kier molecular flexibility index (Phi) is 5.65. The van der Waals surface area contributed by atoms with Gasteiger partial charge in [0.2, 0.25) is 0 Å². The molecule has 11 heteroatoms. The van der Waals surface area contributed by atoms with Crippen molar-refractivity contribution in [2.45, 2.75) is 24.3 Å². The highest BCUT2D eigenvalue weighted by molar-refractivity contribution is 8.13. The zero-order valence-corrected chi connectivity index (χ0v) is 18.8. The van der Waals surface area contributed by atoms with Crippen LogP contribution in [0.4, 0.5) is 0 Å². The Morgan fingerprint density at radius 2 is 1.97 bits per heavy atom. The predicted molar refractivity (Wildman–Crippen MR) is 124 cm³/mol. The standard InChI is InChI=1S/C22H22N6O4S/c1-31-17-7-6-13(9-18(17)32-2)15-11-16-21(30)24-25-22(28(16)26-15)33-12-14-10-20(29)27-8-4-3-5-19(27)23-14/h3-10,15-16,26H,11-12H2,1-2H3,(H,24,30). The summed E-state index contributed by atoms with van der Waals surface area (Å²) >= 11 is 1.40. The van der Waals surface area contributed by atoms with E-state index in [-0.39, 0.29) is 17.5 Å². The van der Waals surface area contributed by atoms with Crippen molar-refractivity contribution in [1.82, 2.24) is 25.2 Å². The summed E-state index contributed by atoms with van der Waals surface area (Å²) in [6, 6.07) is 12.1. The number of hydrazone groups is 1. The van der Waals surface area contributed by atoms with Crippen molar-refractivity contribution in [2.24, 2.45) is 5.10 Å². The molecule has 0 radical (unpaired) electrons. The van der Waals surface area contributed by atoms with Crippen LogP contribution < -0.4 is 25.9 Å². The third-order valence-corrected chi connectivity index (χ3v) is 6.61. The van der Waals surface area contributed by atoms with Gasteiger partial charge in [-0.15, -0.1) is 5.10 Å². The van der Waals surface area contributed by atoms with Gasteiger partial charge in [0.05, 0.1) is 26.0 Å². The molecule has 2 aromatic heterocycles. The van der Waals surface area contributed by atoms with Gasteiger partial charge in [0.15, 0.2) is 16.7 Å². The van der Waals surface area contributed by atoms with Gasteiger partial charge in [-0.3, -0.25) is 19.0 Å². The van der Waals surface area contributed by atoms with Gasteiger partial charge in [0.25, 0.3) is 11.5 Å². The number of amidine groups is 1. The van der Waals surface area contributed by atoms with Crippen LogP contribution in [-0.4, -0.2) is 45.7 Å². The average molecular weight is 467 g/mol.